The summed E-state index contributed by atoms with van der Waals surface area (Å²) < 4.78 is 11.5. The van der Waals surface area contributed by atoms with Crippen LogP contribution in [-0.2, 0) is 17.9 Å². The first-order valence-electron chi connectivity index (χ1n) is 11.2. The van der Waals surface area contributed by atoms with Crippen LogP contribution in [0.1, 0.15) is 35.9 Å². The first-order valence-corrected chi connectivity index (χ1v) is 12.1. The van der Waals surface area contributed by atoms with Crippen LogP contribution in [0, 0.1) is 13.8 Å². The van der Waals surface area contributed by atoms with Crippen LogP contribution < -0.4 is 10.1 Å². The predicted octanol–water partition coefficient (Wildman–Crippen LogP) is 4.14. The monoisotopic (exact) mass is 466 g/mol. The Kier molecular flexibility index (Phi) is 7.67. The normalized spacial score (nSPS) is 17.1. The van der Waals surface area contributed by atoms with E-state index in [1.165, 1.54) is 17.3 Å². The second-order valence-electron chi connectivity index (χ2n) is 8.49. The Morgan fingerprint density at radius 3 is 2.88 bits per heavy atom. The van der Waals surface area contributed by atoms with E-state index in [0.717, 1.165) is 42.9 Å². The summed E-state index contributed by atoms with van der Waals surface area (Å²) in [5.74, 6) is 1.17. The van der Waals surface area contributed by atoms with E-state index in [2.05, 4.69) is 44.7 Å². The number of amides is 1. The average molecular weight is 467 g/mol. The fraction of sp³-hybridized carbons (Fsp3) is 0.400. The highest BCUT2D eigenvalue weighted by atomic mass is 32.2. The van der Waals surface area contributed by atoms with Gasteiger partial charge in [0.05, 0.1) is 5.25 Å². The van der Waals surface area contributed by atoms with Crippen molar-refractivity contribution < 1.29 is 13.9 Å². The third kappa shape index (κ3) is 6.58. The molecule has 0 saturated carbocycles. The lowest BCUT2D eigenvalue weighted by atomic mass is 10.1. The van der Waals surface area contributed by atoms with Crippen molar-refractivity contribution in [1.29, 1.82) is 0 Å². The zero-order chi connectivity index (χ0) is 23.2. The molecule has 3 aromatic rings. The van der Waals surface area contributed by atoms with Crippen molar-refractivity contribution in [3.8, 4) is 5.75 Å². The summed E-state index contributed by atoms with van der Waals surface area (Å²) in [6.07, 6.45) is 0.955. The smallest absolute Gasteiger partial charge is 0.277 e. The van der Waals surface area contributed by atoms with E-state index in [0.29, 0.717) is 11.1 Å². The van der Waals surface area contributed by atoms with E-state index < -0.39 is 0 Å². The number of carbonyl (C=O) groups excluding carboxylic acids is 1. The van der Waals surface area contributed by atoms with Gasteiger partial charge in [-0.25, -0.2) is 0 Å². The highest BCUT2D eigenvalue weighted by Gasteiger charge is 2.26. The van der Waals surface area contributed by atoms with Crippen molar-refractivity contribution in [2.45, 2.75) is 56.9 Å². The molecule has 0 unspecified atom stereocenters. The predicted molar refractivity (Wildman–Crippen MR) is 128 cm³/mol. The minimum absolute atomic E-state index is 0.0158. The van der Waals surface area contributed by atoms with Gasteiger partial charge in [-0.15, -0.1) is 10.2 Å². The van der Waals surface area contributed by atoms with Gasteiger partial charge in [0.2, 0.25) is 5.91 Å². The lowest BCUT2D eigenvalue weighted by molar-refractivity contribution is -0.120. The van der Waals surface area contributed by atoms with E-state index in [4.69, 9.17) is 9.15 Å². The Hall–Kier alpha value is -2.84. The molecule has 4 rings (SSSR count). The average Bonchev–Trinajstić information content (AvgIpc) is 3.44. The highest BCUT2D eigenvalue weighted by Crippen LogP contribution is 2.24. The van der Waals surface area contributed by atoms with Gasteiger partial charge in [0.25, 0.3) is 11.1 Å². The number of hydrogen-bond donors (Lipinski definition) is 1. The van der Waals surface area contributed by atoms with E-state index in [9.17, 15) is 4.79 Å². The second kappa shape index (κ2) is 10.9. The molecule has 1 saturated heterocycles. The molecule has 0 radical (unpaired) electrons. The second-order valence-corrected chi connectivity index (χ2v) is 9.79. The number of nitrogens with one attached hydrogen (secondary N) is 1. The summed E-state index contributed by atoms with van der Waals surface area (Å²) in [6, 6.07) is 16.6. The van der Waals surface area contributed by atoms with E-state index >= 15 is 0 Å². The first kappa shape index (κ1) is 23.3. The molecule has 1 aromatic heterocycles. The van der Waals surface area contributed by atoms with Crippen molar-refractivity contribution >= 4 is 17.7 Å². The van der Waals surface area contributed by atoms with Gasteiger partial charge in [0.1, 0.15) is 5.75 Å². The van der Waals surface area contributed by atoms with Crippen molar-refractivity contribution in [3.63, 3.8) is 0 Å². The molecule has 0 aliphatic carbocycles. The molecular weight excluding hydrogens is 436 g/mol. The van der Waals surface area contributed by atoms with Crippen molar-refractivity contribution in [2.24, 2.45) is 0 Å². The molecule has 1 aliphatic heterocycles. The van der Waals surface area contributed by atoms with Crippen LogP contribution in [0.25, 0.3) is 0 Å². The molecule has 2 aromatic carbocycles. The van der Waals surface area contributed by atoms with E-state index in [1.807, 2.05) is 45.0 Å². The van der Waals surface area contributed by atoms with Gasteiger partial charge < -0.3 is 14.5 Å². The van der Waals surface area contributed by atoms with Gasteiger partial charge in [0.15, 0.2) is 6.61 Å². The Morgan fingerprint density at radius 1 is 1.24 bits per heavy atom. The van der Waals surface area contributed by atoms with E-state index in [1.54, 1.807) is 0 Å². The maximum atomic E-state index is 12.7. The molecule has 1 aliphatic rings. The third-order valence-electron chi connectivity index (χ3n) is 5.66. The minimum atomic E-state index is -0.332. The SMILES string of the molecule is Cc1ccc(C)c(OCc2nnc(S[C@H](C)C(=O)N[C@@H]3CCN(Cc4ccccc4)C3)o2)c1. The number of rotatable bonds is 9. The molecule has 33 heavy (non-hydrogen) atoms. The molecule has 174 valence electrons. The fourth-order valence-electron chi connectivity index (χ4n) is 3.81. The topological polar surface area (TPSA) is 80.5 Å². The number of thioether (sulfide) groups is 1. The lowest BCUT2D eigenvalue weighted by Gasteiger charge is -2.18. The van der Waals surface area contributed by atoms with Crippen molar-refractivity contribution in [2.75, 3.05) is 13.1 Å². The third-order valence-corrected chi connectivity index (χ3v) is 6.59. The van der Waals surface area contributed by atoms with Crippen LogP contribution in [-0.4, -0.2) is 45.4 Å². The van der Waals surface area contributed by atoms with Crippen LogP contribution in [0.4, 0.5) is 0 Å². The van der Waals surface area contributed by atoms with Crippen LogP contribution in [0.15, 0.2) is 58.2 Å². The van der Waals surface area contributed by atoms with Crippen LogP contribution in [0.3, 0.4) is 0 Å². The number of ether oxygens (including phenoxy) is 1. The first-order chi connectivity index (χ1) is 16.0. The van der Waals surface area contributed by atoms with Crippen LogP contribution in [0.5, 0.6) is 5.75 Å². The minimum Gasteiger partial charge on any atom is -0.484 e. The molecule has 2 atom stereocenters. The van der Waals surface area contributed by atoms with E-state index in [-0.39, 0.29) is 23.8 Å². The van der Waals surface area contributed by atoms with Gasteiger partial charge in [0, 0.05) is 25.7 Å². The standard InChI is InChI=1S/C25H30N4O3S/c1-17-9-10-18(2)22(13-17)31-16-23-27-28-25(32-23)33-19(3)24(30)26-21-11-12-29(15-21)14-20-7-5-4-6-8-20/h4-10,13,19,21H,11-12,14-16H2,1-3H3,(H,26,30)/t19-,21-/m1/s1. The van der Waals surface area contributed by atoms with Gasteiger partial charge in [-0.1, -0.05) is 54.2 Å². The quantitative estimate of drug-likeness (QED) is 0.475. The maximum absolute atomic E-state index is 12.7. The number of hydrogen-bond acceptors (Lipinski definition) is 7. The summed E-state index contributed by atoms with van der Waals surface area (Å²) in [6.45, 7) is 8.81. The molecule has 1 N–H and O–H groups in total. The molecule has 1 fully saturated rings. The van der Waals surface area contributed by atoms with Gasteiger partial charge in [-0.2, -0.15) is 0 Å². The Balaban J connectivity index is 1.22. The molecule has 8 heteroatoms. The van der Waals surface area contributed by atoms with Crippen molar-refractivity contribution in [1.82, 2.24) is 20.4 Å². The number of likely N-dealkylation sites (tertiary alicyclic amines) is 1. The summed E-state index contributed by atoms with van der Waals surface area (Å²) in [5.41, 5.74) is 3.47. The largest absolute Gasteiger partial charge is 0.484 e. The number of benzene rings is 2. The molecule has 1 amide bonds. The number of aromatic nitrogens is 2. The Bertz CT molecular complexity index is 1070. The Morgan fingerprint density at radius 2 is 2.06 bits per heavy atom. The number of carbonyl (C=O) groups is 1. The molecule has 0 spiro atoms. The summed E-state index contributed by atoms with van der Waals surface area (Å²) in [4.78, 5) is 15.1. The maximum Gasteiger partial charge on any atom is 0.277 e. The van der Waals surface area contributed by atoms with Crippen LogP contribution in [0.2, 0.25) is 0 Å². The zero-order valence-electron chi connectivity index (χ0n) is 19.3. The molecule has 0 bridgehead atoms. The zero-order valence-corrected chi connectivity index (χ0v) is 20.1. The van der Waals surface area contributed by atoms with Crippen LogP contribution >= 0.6 is 11.8 Å². The lowest BCUT2D eigenvalue weighted by Crippen LogP contribution is -2.40. The molecular formula is C25H30N4O3S. The number of nitrogens with zero attached hydrogens (tertiary/aromatic N) is 3. The van der Waals surface area contributed by atoms with Gasteiger partial charge in [-0.3, -0.25) is 9.69 Å². The van der Waals surface area contributed by atoms with Gasteiger partial charge >= 0.3 is 0 Å². The van der Waals surface area contributed by atoms with Gasteiger partial charge in [-0.05, 0) is 49.9 Å². The molecule has 7 nitrogen and oxygen atoms in total. The van der Waals surface area contributed by atoms with Crippen molar-refractivity contribution in [3.05, 3.63) is 71.1 Å². The number of aryl methyl sites for hydroxylation is 2. The molecule has 2 heterocycles. The summed E-state index contributed by atoms with van der Waals surface area (Å²) in [7, 11) is 0. The summed E-state index contributed by atoms with van der Waals surface area (Å²) >= 11 is 1.27. The fourth-order valence-corrected chi connectivity index (χ4v) is 4.52. The Labute approximate surface area is 198 Å². The summed E-state index contributed by atoms with van der Waals surface area (Å²) in [5, 5.41) is 11.3. The highest BCUT2D eigenvalue weighted by molar-refractivity contribution is 8.00.